The van der Waals surface area contributed by atoms with Crippen molar-refractivity contribution in [1.29, 1.82) is 0 Å². The number of hydrogen-bond donors (Lipinski definition) is 2. The summed E-state index contributed by atoms with van der Waals surface area (Å²) in [6.45, 7) is 5.30. The molecule has 2 aromatic carbocycles. The predicted octanol–water partition coefficient (Wildman–Crippen LogP) is 4.23. The van der Waals surface area contributed by atoms with Crippen molar-refractivity contribution in [3.05, 3.63) is 64.7 Å². The molecule has 0 radical (unpaired) electrons. The zero-order valence-corrected chi connectivity index (χ0v) is 14.4. The highest BCUT2D eigenvalue weighted by molar-refractivity contribution is 6.30. The molecule has 2 rings (SSSR count). The van der Waals surface area contributed by atoms with Crippen molar-refractivity contribution in [3.63, 3.8) is 0 Å². The van der Waals surface area contributed by atoms with Crippen LogP contribution in [0.2, 0.25) is 5.02 Å². The van der Waals surface area contributed by atoms with Gasteiger partial charge in [0.1, 0.15) is 0 Å². The third kappa shape index (κ3) is 5.70. The number of nitrogens with one attached hydrogen (secondary N) is 2. The second kappa shape index (κ2) is 8.70. The number of para-hydroxylation sites is 1. The van der Waals surface area contributed by atoms with Crippen molar-refractivity contribution < 1.29 is 4.79 Å². The van der Waals surface area contributed by atoms with Crippen LogP contribution in [0.4, 0.5) is 5.69 Å². The average Bonchev–Trinajstić information content (AvgIpc) is 2.53. The van der Waals surface area contributed by atoms with E-state index in [2.05, 4.69) is 24.5 Å². The van der Waals surface area contributed by atoms with E-state index in [0.717, 1.165) is 29.2 Å². The minimum Gasteiger partial charge on any atom is -0.325 e. The van der Waals surface area contributed by atoms with Crippen LogP contribution in [0.1, 0.15) is 30.9 Å². The molecule has 0 heterocycles. The molecule has 122 valence electrons. The number of benzene rings is 2. The summed E-state index contributed by atoms with van der Waals surface area (Å²) in [5.41, 5.74) is 3.25. The Morgan fingerprint density at radius 3 is 2.48 bits per heavy atom. The van der Waals surface area contributed by atoms with Crippen LogP contribution < -0.4 is 10.6 Å². The van der Waals surface area contributed by atoms with Gasteiger partial charge in [-0.25, -0.2) is 0 Å². The lowest BCUT2D eigenvalue weighted by molar-refractivity contribution is -0.115. The zero-order chi connectivity index (χ0) is 16.7. The molecular formula is C19H23ClN2O. The maximum atomic E-state index is 12.1. The van der Waals surface area contributed by atoms with Gasteiger partial charge in [-0.3, -0.25) is 4.79 Å². The van der Waals surface area contributed by atoms with E-state index in [4.69, 9.17) is 11.6 Å². The molecule has 0 aromatic heterocycles. The van der Waals surface area contributed by atoms with Crippen LogP contribution >= 0.6 is 11.6 Å². The Balaban J connectivity index is 1.76. The van der Waals surface area contributed by atoms with Crippen LogP contribution in [0.15, 0.2) is 48.5 Å². The first-order chi connectivity index (χ1) is 11.1. The first-order valence-electron chi connectivity index (χ1n) is 7.90. The standard InChI is InChI=1S/C19H23ClN2O/c1-14(2)17-5-3-4-6-18(17)22-19(23)13-21-12-11-15-7-9-16(20)10-8-15/h3-10,14,21H,11-13H2,1-2H3,(H,22,23). The normalized spacial score (nSPS) is 10.8. The summed E-state index contributed by atoms with van der Waals surface area (Å²) in [6.07, 6.45) is 0.868. The summed E-state index contributed by atoms with van der Waals surface area (Å²) in [7, 11) is 0. The van der Waals surface area contributed by atoms with E-state index in [9.17, 15) is 4.79 Å². The molecule has 0 fully saturated rings. The largest absolute Gasteiger partial charge is 0.325 e. The maximum Gasteiger partial charge on any atom is 0.238 e. The van der Waals surface area contributed by atoms with Crippen LogP contribution in [0, 0.1) is 0 Å². The number of anilines is 1. The number of rotatable bonds is 7. The van der Waals surface area contributed by atoms with E-state index in [1.807, 2.05) is 48.5 Å². The molecule has 0 spiro atoms. The molecule has 3 nitrogen and oxygen atoms in total. The summed E-state index contributed by atoms with van der Waals surface area (Å²) in [5.74, 6) is 0.360. The lowest BCUT2D eigenvalue weighted by Gasteiger charge is -2.13. The lowest BCUT2D eigenvalue weighted by atomic mass is 10.0. The average molecular weight is 331 g/mol. The first-order valence-corrected chi connectivity index (χ1v) is 8.28. The molecule has 0 aliphatic heterocycles. The highest BCUT2D eigenvalue weighted by Crippen LogP contribution is 2.23. The molecular weight excluding hydrogens is 308 g/mol. The molecule has 0 aliphatic carbocycles. The number of hydrogen-bond acceptors (Lipinski definition) is 2. The molecule has 4 heteroatoms. The molecule has 0 aliphatic rings. The molecule has 0 atom stereocenters. The van der Waals surface area contributed by atoms with Gasteiger partial charge in [0.25, 0.3) is 0 Å². The number of carbonyl (C=O) groups is 1. The number of halogens is 1. The van der Waals surface area contributed by atoms with Gasteiger partial charge in [0, 0.05) is 10.7 Å². The van der Waals surface area contributed by atoms with Crippen molar-refractivity contribution in [3.8, 4) is 0 Å². The Labute approximate surface area is 143 Å². The molecule has 0 bridgehead atoms. The van der Waals surface area contributed by atoms with E-state index < -0.39 is 0 Å². The molecule has 23 heavy (non-hydrogen) atoms. The second-order valence-corrected chi connectivity index (χ2v) is 6.28. The third-order valence-corrected chi connectivity index (χ3v) is 3.90. The summed E-state index contributed by atoms with van der Waals surface area (Å²) in [4.78, 5) is 12.1. The predicted molar refractivity (Wildman–Crippen MR) is 97.2 cm³/mol. The van der Waals surface area contributed by atoms with E-state index in [1.54, 1.807) is 0 Å². The molecule has 0 unspecified atom stereocenters. The van der Waals surface area contributed by atoms with Crippen LogP contribution in [-0.4, -0.2) is 19.0 Å². The molecule has 0 saturated heterocycles. The summed E-state index contributed by atoms with van der Waals surface area (Å²) >= 11 is 5.86. The van der Waals surface area contributed by atoms with Gasteiger partial charge in [-0.15, -0.1) is 0 Å². The van der Waals surface area contributed by atoms with E-state index >= 15 is 0 Å². The minimum absolute atomic E-state index is 0.0193. The van der Waals surface area contributed by atoms with Crippen molar-refractivity contribution in [1.82, 2.24) is 5.32 Å². The number of amides is 1. The van der Waals surface area contributed by atoms with E-state index in [1.165, 1.54) is 5.56 Å². The Morgan fingerprint density at radius 2 is 1.78 bits per heavy atom. The molecule has 2 aromatic rings. The highest BCUT2D eigenvalue weighted by Gasteiger charge is 2.08. The quantitative estimate of drug-likeness (QED) is 0.746. The van der Waals surface area contributed by atoms with E-state index in [-0.39, 0.29) is 5.91 Å². The fourth-order valence-electron chi connectivity index (χ4n) is 2.39. The third-order valence-electron chi connectivity index (χ3n) is 3.65. The van der Waals surface area contributed by atoms with Crippen LogP contribution in [0.25, 0.3) is 0 Å². The second-order valence-electron chi connectivity index (χ2n) is 5.84. The van der Waals surface area contributed by atoms with Crippen molar-refractivity contribution in [2.45, 2.75) is 26.2 Å². The molecule has 0 saturated carbocycles. The number of carbonyl (C=O) groups excluding carboxylic acids is 1. The maximum absolute atomic E-state index is 12.1. The molecule has 2 N–H and O–H groups in total. The van der Waals surface area contributed by atoms with Gasteiger partial charge in [-0.05, 0) is 48.2 Å². The van der Waals surface area contributed by atoms with Gasteiger partial charge in [0.15, 0.2) is 0 Å². The minimum atomic E-state index is -0.0193. The van der Waals surface area contributed by atoms with Gasteiger partial charge in [0.2, 0.25) is 5.91 Å². The lowest BCUT2D eigenvalue weighted by Crippen LogP contribution is -2.29. The fourth-order valence-corrected chi connectivity index (χ4v) is 2.52. The molecule has 1 amide bonds. The van der Waals surface area contributed by atoms with Gasteiger partial charge >= 0.3 is 0 Å². The van der Waals surface area contributed by atoms with E-state index in [0.29, 0.717) is 12.5 Å². The van der Waals surface area contributed by atoms with Gasteiger partial charge < -0.3 is 10.6 Å². The van der Waals surface area contributed by atoms with Crippen molar-refractivity contribution >= 4 is 23.2 Å². The van der Waals surface area contributed by atoms with Gasteiger partial charge in [-0.2, -0.15) is 0 Å². The fraction of sp³-hybridized carbons (Fsp3) is 0.316. The van der Waals surface area contributed by atoms with Crippen LogP contribution in [0.3, 0.4) is 0 Å². The van der Waals surface area contributed by atoms with Crippen LogP contribution in [0.5, 0.6) is 0 Å². The van der Waals surface area contributed by atoms with Crippen LogP contribution in [-0.2, 0) is 11.2 Å². The Morgan fingerprint density at radius 1 is 1.09 bits per heavy atom. The van der Waals surface area contributed by atoms with Gasteiger partial charge in [0.05, 0.1) is 6.54 Å². The van der Waals surface area contributed by atoms with Gasteiger partial charge in [-0.1, -0.05) is 55.8 Å². The summed E-state index contributed by atoms with van der Waals surface area (Å²) < 4.78 is 0. The monoisotopic (exact) mass is 330 g/mol. The highest BCUT2D eigenvalue weighted by atomic mass is 35.5. The summed E-state index contributed by atoms with van der Waals surface area (Å²) in [6, 6.07) is 15.7. The van der Waals surface area contributed by atoms with Crippen molar-refractivity contribution in [2.24, 2.45) is 0 Å². The first kappa shape index (κ1) is 17.5. The topological polar surface area (TPSA) is 41.1 Å². The zero-order valence-electron chi connectivity index (χ0n) is 13.6. The Kier molecular flexibility index (Phi) is 6.63. The summed E-state index contributed by atoms with van der Waals surface area (Å²) in [5, 5.41) is 6.89. The van der Waals surface area contributed by atoms with Crippen molar-refractivity contribution in [2.75, 3.05) is 18.4 Å². The Hall–Kier alpha value is -1.84. The Bertz CT molecular complexity index is 638. The SMILES string of the molecule is CC(C)c1ccccc1NC(=O)CNCCc1ccc(Cl)cc1. The smallest absolute Gasteiger partial charge is 0.238 e.